The molecule has 1 aromatic carbocycles. The average Bonchev–Trinajstić information content (AvgIpc) is 2.71. The molecule has 0 spiro atoms. The average molecular weight is 263 g/mol. The molecule has 0 N–H and O–H groups in total. The second-order valence-corrected chi connectivity index (χ2v) is 4.39. The van der Waals surface area contributed by atoms with Crippen LogP contribution in [-0.2, 0) is 14.4 Å². The summed E-state index contributed by atoms with van der Waals surface area (Å²) in [7, 11) is 1.32. The number of carbonyl (C=O) groups excluding carboxylic acids is 2. The molecule has 1 aromatic rings. The third-order valence-corrected chi connectivity index (χ3v) is 3.02. The molecule has 0 radical (unpaired) electrons. The van der Waals surface area contributed by atoms with Gasteiger partial charge in [-0.25, -0.2) is 0 Å². The lowest BCUT2D eigenvalue weighted by Crippen LogP contribution is -2.28. The number of nitrogens with zero attached hydrogens (tertiary/aromatic N) is 1. The molecule has 0 saturated carbocycles. The van der Waals surface area contributed by atoms with Gasteiger partial charge in [-0.05, 0) is 24.1 Å². The summed E-state index contributed by atoms with van der Waals surface area (Å²) in [6, 6.07) is 7.31. The highest BCUT2D eigenvalue weighted by molar-refractivity contribution is 6.05. The van der Waals surface area contributed by atoms with Gasteiger partial charge in [0, 0.05) is 6.42 Å². The molecule has 102 valence electrons. The number of rotatable bonds is 5. The minimum atomic E-state index is -0.474. The van der Waals surface area contributed by atoms with E-state index in [0.717, 1.165) is 22.8 Å². The number of hydrogen-bond donors (Lipinski definition) is 0. The van der Waals surface area contributed by atoms with Crippen molar-refractivity contribution in [1.29, 1.82) is 0 Å². The Labute approximate surface area is 112 Å². The highest BCUT2D eigenvalue weighted by atomic mass is 16.7. The first-order valence-electron chi connectivity index (χ1n) is 6.31. The van der Waals surface area contributed by atoms with Crippen LogP contribution in [0, 0.1) is 0 Å². The minimum Gasteiger partial charge on any atom is -0.494 e. The van der Waals surface area contributed by atoms with Crippen LogP contribution in [0.2, 0.25) is 0 Å². The van der Waals surface area contributed by atoms with E-state index >= 15 is 0 Å². The summed E-state index contributed by atoms with van der Waals surface area (Å²) >= 11 is 0. The van der Waals surface area contributed by atoms with Gasteiger partial charge < -0.3 is 4.74 Å². The summed E-state index contributed by atoms with van der Waals surface area (Å²) in [5.41, 5.74) is 0.784. The summed E-state index contributed by atoms with van der Waals surface area (Å²) in [5.74, 6) is -0.384. The minimum absolute atomic E-state index is 0.143. The first-order valence-corrected chi connectivity index (χ1v) is 6.31. The third-order valence-electron chi connectivity index (χ3n) is 3.02. The molecule has 5 heteroatoms. The van der Waals surface area contributed by atoms with E-state index in [1.165, 1.54) is 7.11 Å². The number of hydroxylamine groups is 2. The van der Waals surface area contributed by atoms with E-state index in [1.54, 1.807) is 0 Å². The molecule has 19 heavy (non-hydrogen) atoms. The fourth-order valence-electron chi connectivity index (χ4n) is 2.10. The van der Waals surface area contributed by atoms with Gasteiger partial charge >= 0.3 is 0 Å². The normalized spacial score (nSPS) is 19.1. The van der Waals surface area contributed by atoms with Crippen LogP contribution < -0.4 is 4.74 Å². The van der Waals surface area contributed by atoms with Crippen LogP contribution in [0.15, 0.2) is 24.3 Å². The standard InChI is InChI=1S/C14H17NO4/c1-3-7-19-11-6-4-5-10(8-11)12-9-13(16)15(18-2)14(12)17/h4-6,8,12H,3,7,9H2,1-2H3. The number of imide groups is 1. The third kappa shape index (κ3) is 2.76. The van der Waals surface area contributed by atoms with Crippen molar-refractivity contribution in [3.63, 3.8) is 0 Å². The van der Waals surface area contributed by atoms with Gasteiger partial charge in [0.15, 0.2) is 0 Å². The Morgan fingerprint density at radius 3 is 2.79 bits per heavy atom. The van der Waals surface area contributed by atoms with Crippen LogP contribution in [0.5, 0.6) is 5.75 Å². The Kier molecular flexibility index (Phi) is 4.16. The zero-order chi connectivity index (χ0) is 13.8. The Bertz CT molecular complexity index is 486. The van der Waals surface area contributed by atoms with Gasteiger partial charge in [0.05, 0.1) is 19.6 Å². The Morgan fingerprint density at radius 1 is 1.37 bits per heavy atom. The molecular formula is C14H17NO4. The van der Waals surface area contributed by atoms with Crippen molar-refractivity contribution < 1.29 is 19.2 Å². The predicted octanol–water partition coefficient (Wildman–Crippen LogP) is 1.88. The lowest BCUT2D eigenvalue weighted by Gasteiger charge is -2.12. The summed E-state index contributed by atoms with van der Waals surface area (Å²) in [6.45, 7) is 2.66. The van der Waals surface area contributed by atoms with Crippen molar-refractivity contribution in [2.24, 2.45) is 0 Å². The van der Waals surface area contributed by atoms with Gasteiger partial charge in [-0.3, -0.25) is 14.4 Å². The Morgan fingerprint density at radius 2 is 2.16 bits per heavy atom. The highest BCUT2D eigenvalue weighted by Crippen LogP contribution is 2.31. The maximum atomic E-state index is 12.0. The van der Waals surface area contributed by atoms with Gasteiger partial charge in [-0.15, -0.1) is 0 Å². The zero-order valence-electron chi connectivity index (χ0n) is 11.1. The number of amides is 2. The molecule has 0 aromatic heterocycles. The van der Waals surface area contributed by atoms with Crippen molar-refractivity contribution >= 4 is 11.8 Å². The van der Waals surface area contributed by atoms with Crippen LogP contribution in [0.1, 0.15) is 31.2 Å². The highest BCUT2D eigenvalue weighted by Gasteiger charge is 2.40. The van der Waals surface area contributed by atoms with Crippen molar-refractivity contribution in [3.05, 3.63) is 29.8 Å². The molecule has 1 atom stereocenters. The van der Waals surface area contributed by atoms with Gasteiger partial charge in [-0.2, -0.15) is 5.06 Å². The molecule has 2 rings (SSSR count). The topological polar surface area (TPSA) is 55.8 Å². The maximum absolute atomic E-state index is 12.0. The summed E-state index contributed by atoms with van der Waals surface area (Å²) in [4.78, 5) is 28.4. The van der Waals surface area contributed by atoms with Crippen LogP contribution in [-0.4, -0.2) is 30.6 Å². The van der Waals surface area contributed by atoms with E-state index in [1.807, 2.05) is 31.2 Å². The van der Waals surface area contributed by atoms with Crippen LogP contribution in [0.3, 0.4) is 0 Å². The number of benzene rings is 1. The molecule has 0 aliphatic carbocycles. The monoisotopic (exact) mass is 263 g/mol. The zero-order valence-corrected chi connectivity index (χ0v) is 11.1. The summed E-state index contributed by atoms with van der Waals surface area (Å²) in [5, 5.41) is 0.824. The molecule has 0 bridgehead atoms. The molecule has 1 unspecified atom stereocenters. The van der Waals surface area contributed by atoms with Gasteiger partial charge in [-0.1, -0.05) is 19.1 Å². The fourth-order valence-corrected chi connectivity index (χ4v) is 2.10. The molecule has 1 aliphatic heterocycles. The first kappa shape index (κ1) is 13.5. The maximum Gasteiger partial charge on any atom is 0.261 e. The van der Waals surface area contributed by atoms with E-state index in [9.17, 15) is 9.59 Å². The largest absolute Gasteiger partial charge is 0.494 e. The van der Waals surface area contributed by atoms with E-state index < -0.39 is 5.92 Å². The van der Waals surface area contributed by atoms with E-state index in [4.69, 9.17) is 9.57 Å². The molecule has 1 saturated heterocycles. The van der Waals surface area contributed by atoms with Crippen molar-refractivity contribution in [3.8, 4) is 5.75 Å². The molecule has 1 aliphatic rings. The first-order chi connectivity index (χ1) is 9.17. The Balaban J connectivity index is 2.18. The second kappa shape index (κ2) is 5.84. The number of ether oxygens (including phenoxy) is 1. The van der Waals surface area contributed by atoms with E-state index in [0.29, 0.717) is 6.61 Å². The smallest absolute Gasteiger partial charge is 0.261 e. The lowest BCUT2D eigenvalue weighted by molar-refractivity contribution is -0.179. The van der Waals surface area contributed by atoms with Crippen LogP contribution in [0.4, 0.5) is 0 Å². The van der Waals surface area contributed by atoms with Crippen molar-refractivity contribution in [2.45, 2.75) is 25.7 Å². The van der Waals surface area contributed by atoms with Gasteiger partial charge in [0.1, 0.15) is 5.75 Å². The molecular weight excluding hydrogens is 246 g/mol. The predicted molar refractivity (Wildman–Crippen MR) is 68.4 cm³/mol. The SMILES string of the molecule is CCCOc1cccc(C2CC(=O)N(OC)C2=O)c1. The van der Waals surface area contributed by atoms with Crippen molar-refractivity contribution in [2.75, 3.05) is 13.7 Å². The summed E-state index contributed by atoms with van der Waals surface area (Å²) in [6.07, 6.45) is 1.06. The van der Waals surface area contributed by atoms with Gasteiger partial charge in [0.25, 0.3) is 11.8 Å². The number of hydrogen-bond acceptors (Lipinski definition) is 4. The molecule has 2 amide bonds. The second-order valence-electron chi connectivity index (χ2n) is 4.39. The fraction of sp³-hybridized carbons (Fsp3) is 0.429. The molecule has 1 heterocycles. The molecule has 1 fully saturated rings. The summed E-state index contributed by atoms with van der Waals surface area (Å²) < 4.78 is 5.53. The van der Waals surface area contributed by atoms with E-state index in [2.05, 4.69) is 0 Å². The van der Waals surface area contributed by atoms with E-state index in [-0.39, 0.29) is 18.2 Å². The van der Waals surface area contributed by atoms with Crippen molar-refractivity contribution in [1.82, 2.24) is 5.06 Å². The molecule has 5 nitrogen and oxygen atoms in total. The van der Waals surface area contributed by atoms with Crippen LogP contribution in [0.25, 0.3) is 0 Å². The number of carbonyl (C=O) groups is 2. The van der Waals surface area contributed by atoms with Crippen LogP contribution >= 0.6 is 0 Å². The Hall–Kier alpha value is -1.88. The lowest BCUT2D eigenvalue weighted by atomic mass is 9.97. The quantitative estimate of drug-likeness (QED) is 0.761. The van der Waals surface area contributed by atoms with Gasteiger partial charge in [0.2, 0.25) is 0 Å².